The Bertz CT molecular complexity index is 1050. The van der Waals surface area contributed by atoms with Crippen LogP contribution in [0.25, 0.3) is 0 Å². The molecule has 0 saturated heterocycles. The van der Waals surface area contributed by atoms with Crippen molar-refractivity contribution in [3.8, 4) is 0 Å². The molecule has 3 rings (SSSR count). The summed E-state index contributed by atoms with van der Waals surface area (Å²) in [5.74, 6) is -0.969. The summed E-state index contributed by atoms with van der Waals surface area (Å²) >= 11 is 0. The van der Waals surface area contributed by atoms with E-state index in [1.54, 1.807) is 0 Å². The highest BCUT2D eigenvalue weighted by Crippen LogP contribution is 2.37. The molecule has 0 unspecified atom stereocenters. The van der Waals surface area contributed by atoms with Crippen LogP contribution in [-0.2, 0) is 10.8 Å². The smallest absolute Gasteiger partial charge is 0.317 e. The van der Waals surface area contributed by atoms with Crippen LogP contribution in [0.5, 0.6) is 0 Å². The lowest BCUT2D eigenvalue weighted by Gasteiger charge is -2.43. The van der Waals surface area contributed by atoms with Gasteiger partial charge in [0, 0.05) is 6.61 Å². The Morgan fingerprint density at radius 1 is 1.03 bits per heavy atom. The number of nitro groups is 1. The summed E-state index contributed by atoms with van der Waals surface area (Å²) in [4.78, 5) is 14.2. The van der Waals surface area contributed by atoms with Crippen molar-refractivity contribution < 1.29 is 13.7 Å². The second-order valence-corrected chi connectivity index (χ2v) is 13.4. The molecule has 1 heterocycles. The first-order valence-electron chi connectivity index (χ1n) is 11.0. The zero-order chi connectivity index (χ0) is 24.1. The fourth-order valence-electron chi connectivity index (χ4n) is 4.37. The summed E-state index contributed by atoms with van der Waals surface area (Å²) in [7, 11) is -2.64. The molecule has 0 spiro atoms. The Labute approximate surface area is 194 Å². The van der Waals surface area contributed by atoms with Gasteiger partial charge in [-0.3, -0.25) is 10.1 Å². The number of hydrogen-bond donors (Lipinski definition) is 1. The van der Waals surface area contributed by atoms with Gasteiger partial charge in [0.1, 0.15) is 0 Å². The number of benzene rings is 2. The Balaban J connectivity index is 1.82. The average molecular weight is 468 g/mol. The van der Waals surface area contributed by atoms with Crippen molar-refractivity contribution in [1.82, 2.24) is 4.98 Å². The predicted octanol–water partition coefficient (Wildman–Crippen LogP) is 4.61. The SMILES string of the molecule is CC(C)(C)[Si](OCCCCc1c(F)cnc(N)c1[N+](=O)[O-])(c1ccccc1)c1ccccc1. The van der Waals surface area contributed by atoms with E-state index in [0.29, 0.717) is 19.4 Å². The maximum atomic E-state index is 14.2. The van der Waals surface area contributed by atoms with E-state index in [9.17, 15) is 14.5 Å². The van der Waals surface area contributed by atoms with Crippen LogP contribution in [0, 0.1) is 15.9 Å². The number of hydrogen-bond acceptors (Lipinski definition) is 5. The summed E-state index contributed by atoms with van der Waals surface area (Å²) in [5, 5.41) is 13.6. The van der Waals surface area contributed by atoms with Crippen LogP contribution in [0.4, 0.5) is 15.9 Å². The summed E-state index contributed by atoms with van der Waals surface area (Å²) in [5.41, 5.74) is 5.17. The van der Waals surface area contributed by atoms with Crippen LogP contribution in [-0.4, -0.2) is 24.8 Å². The number of pyridine rings is 1. The molecular formula is C25H30FN3O3Si. The standard InChI is InChI=1S/C25H30FN3O3Si/c1-25(2,3)33(19-12-6-4-7-13-19,20-14-8-5-9-15-20)32-17-11-10-16-21-22(26)18-28-24(27)23(21)29(30)31/h4-9,12-15,18H,10-11,16-17H2,1-3H3,(H2,27,28). The van der Waals surface area contributed by atoms with Crippen LogP contribution in [0.3, 0.4) is 0 Å². The van der Waals surface area contributed by atoms with E-state index in [2.05, 4.69) is 50.0 Å². The van der Waals surface area contributed by atoms with Crippen LogP contribution >= 0.6 is 0 Å². The van der Waals surface area contributed by atoms with Crippen LogP contribution < -0.4 is 16.1 Å². The number of anilines is 1. The highest BCUT2D eigenvalue weighted by molar-refractivity contribution is 6.99. The first kappa shape index (κ1) is 24.5. The van der Waals surface area contributed by atoms with Gasteiger partial charge in [0.05, 0.1) is 16.7 Å². The van der Waals surface area contributed by atoms with E-state index in [1.807, 2.05) is 36.4 Å². The van der Waals surface area contributed by atoms with Crippen LogP contribution in [0.2, 0.25) is 5.04 Å². The molecule has 33 heavy (non-hydrogen) atoms. The molecule has 6 nitrogen and oxygen atoms in total. The maximum Gasteiger partial charge on any atom is 0.317 e. The third kappa shape index (κ3) is 5.12. The normalized spacial score (nSPS) is 12.0. The molecule has 0 aliphatic heterocycles. The van der Waals surface area contributed by atoms with E-state index in [1.165, 1.54) is 10.4 Å². The van der Waals surface area contributed by atoms with Gasteiger partial charge in [-0.25, -0.2) is 9.37 Å². The second-order valence-electron chi connectivity index (χ2n) is 9.04. The fraction of sp³-hybridized carbons (Fsp3) is 0.320. The van der Waals surface area contributed by atoms with Crippen molar-refractivity contribution in [2.24, 2.45) is 0 Å². The largest absolute Gasteiger partial charge is 0.407 e. The van der Waals surface area contributed by atoms with Crippen molar-refractivity contribution in [2.75, 3.05) is 12.3 Å². The second kappa shape index (κ2) is 10.2. The summed E-state index contributed by atoms with van der Waals surface area (Å²) < 4.78 is 21.1. The molecule has 0 saturated carbocycles. The van der Waals surface area contributed by atoms with Gasteiger partial charge in [0.25, 0.3) is 8.32 Å². The van der Waals surface area contributed by atoms with E-state index in [0.717, 1.165) is 6.20 Å². The summed E-state index contributed by atoms with van der Waals surface area (Å²) in [6.45, 7) is 7.08. The molecule has 0 fully saturated rings. The van der Waals surface area contributed by atoms with Crippen molar-refractivity contribution in [3.63, 3.8) is 0 Å². The van der Waals surface area contributed by atoms with Gasteiger partial charge in [0.2, 0.25) is 5.82 Å². The molecule has 8 heteroatoms. The molecule has 3 aromatic rings. The molecule has 0 atom stereocenters. The topological polar surface area (TPSA) is 91.3 Å². The van der Waals surface area contributed by atoms with Crippen molar-refractivity contribution >= 4 is 30.2 Å². The Morgan fingerprint density at radius 3 is 2.06 bits per heavy atom. The van der Waals surface area contributed by atoms with E-state index >= 15 is 0 Å². The number of rotatable bonds is 9. The minimum absolute atomic E-state index is 0.00190. The molecule has 0 radical (unpaired) electrons. The first-order valence-corrected chi connectivity index (χ1v) is 12.9. The number of aromatic nitrogens is 1. The minimum Gasteiger partial charge on any atom is -0.407 e. The fourth-order valence-corrected chi connectivity index (χ4v) is 8.97. The van der Waals surface area contributed by atoms with Crippen molar-refractivity contribution in [2.45, 2.75) is 45.1 Å². The molecule has 0 bridgehead atoms. The highest BCUT2D eigenvalue weighted by atomic mass is 28.4. The number of nitrogen functional groups attached to an aromatic ring is 1. The quantitative estimate of drug-likeness (QED) is 0.215. The van der Waals surface area contributed by atoms with E-state index in [4.69, 9.17) is 10.2 Å². The molecule has 0 amide bonds. The van der Waals surface area contributed by atoms with E-state index in [-0.39, 0.29) is 22.8 Å². The molecule has 2 N–H and O–H groups in total. The number of unbranched alkanes of at least 4 members (excludes halogenated alkanes) is 1. The molecular weight excluding hydrogens is 437 g/mol. The minimum atomic E-state index is -2.64. The molecule has 2 aromatic carbocycles. The Kier molecular flexibility index (Phi) is 7.60. The van der Waals surface area contributed by atoms with Gasteiger partial charge in [-0.1, -0.05) is 81.4 Å². The van der Waals surface area contributed by atoms with Gasteiger partial charge in [0.15, 0.2) is 5.82 Å². The first-order chi connectivity index (χ1) is 15.7. The summed E-state index contributed by atoms with van der Waals surface area (Å²) in [6.07, 6.45) is 2.29. The molecule has 0 aliphatic carbocycles. The van der Waals surface area contributed by atoms with Gasteiger partial charge >= 0.3 is 5.69 Å². The van der Waals surface area contributed by atoms with Gasteiger partial charge in [-0.15, -0.1) is 0 Å². The van der Waals surface area contributed by atoms with Gasteiger partial charge < -0.3 is 10.2 Å². The number of nitrogens with zero attached hydrogens (tertiary/aromatic N) is 2. The van der Waals surface area contributed by atoms with Gasteiger partial charge in [-0.05, 0) is 34.7 Å². The third-order valence-electron chi connectivity index (χ3n) is 5.87. The molecule has 1 aromatic heterocycles. The zero-order valence-electron chi connectivity index (χ0n) is 19.3. The average Bonchev–Trinajstić information content (AvgIpc) is 2.78. The lowest BCUT2D eigenvalue weighted by molar-refractivity contribution is -0.385. The predicted molar refractivity (Wildman–Crippen MR) is 132 cm³/mol. The van der Waals surface area contributed by atoms with Crippen molar-refractivity contribution in [3.05, 3.63) is 88.4 Å². The highest BCUT2D eigenvalue weighted by Gasteiger charge is 2.49. The zero-order valence-corrected chi connectivity index (χ0v) is 20.3. The van der Waals surface area contributed by atoms with Crippen LogP contribution in [0.1, 0.15) is 39.2 Å². The summed E-state index contributed by atoms with van der Waals surface area (Å²) in [6, 6.07) is 20.6. The number of halogens is 1. The van der Waals surface area contributed by atoms with E-state index < -0.39 is 24.7 Å². The monoisotopic (exact) mass is 467 g/mol. The maximum absolute atomic E-state index is 14.2. The number of nitrogens with two attached hydrogens (primary N) is 1. The van der Waals surface area contributed by atoms with Crippen LogP contribution in [0.15, 0.2) is 66.9 Å². The Hall–Kier alpha value is -3.10. The van der Waals surface area contributed by atoms with Gasteiger partial charge in [-0.2, -0.15) is 0 Å². The lowest BCUT2D eigenvalue weighted by Crippen LogP contribution is -2.66. The molecule has 174 valence electrons. The molecule has 0 aliphatic rings. The lowest BCUT2D eigenvalue weighted by atomic mass is 10.1. The third-order valence-corrected chi connectivity index (χ3v) is 10.9. The Morgan fingerprint density at radius 2 is 1.58 bits per heavy atom. The van der Waals surface area contributed by atoms with Crippen molar-refractivity contribution in [1.29, 1.82) is 0 Å².